The smallest absolute Gasteiger partial charge is 0.271 e. The maximum atomic E-state index is 11.8. The van der Waals surface area contributed by atoms with Crippen LogP contribution in [0.3, 0.4) is 0 Å². The van der Waals surface area contributed by atoms with Gasteiger partial charge in [0.05, 0.1) is 17.5 Å². The van der Waals surface area contributed by atoms with Crippen molar-refractivity contribution >= 4 is 15.7 Å². The first-order valence-corrected chi connectivity index (χ1v) is 8.30. The number of nitrogens with zero attached hydrogens (tertiary/aromatic N) is 2. The summed E-state index contributed by atoms with van der Waals surface area (Å²) in [6.07, 6.45) is 1.44. The van der Waals surface area contributed by atoms with E-state index in [9.17, 15) is 13.2 Å². The largest absolute Gasteiger partial charge is 0.351 e. The van der Waals surface area contributed by atoms with Gasteiger partial charge in [-0.3, -0.25) is 9.48 Å². The Morgan fingerprint density at radius 2 is 2.32 bits per heavy atom. The Kier molecular flexibility index (Phi) is 3.93. The highest BCUT2D eigenvalue weighted by atomic mass is 32.2. The summed E-state index contributed by atoms with van der Waals surface area (Å²) in [6, 6.07) is 1.56. The minimum atomic E-state index is -2.95. The molecule has 2 rings (SSSR count). The van der Waals surface area contributed by atoms with Gasteiger partial charge in [-0.2, -0.15) is 5.10 Å². The van der Waals surface area contributed by atoms with E-state index in [0.29, 0.717) is 18.7 Å². The molecule has 1 aromatic rings. The lowest BCUT2D eigenvalue weighted by atomic mass is 10.2. The second kappa shape index (κ2) is 5.32. The van der Waals surface area contributed by atoms with Gasteiger partial charge in [-0.15, -0.1) is 0 Å². The number of carbonyl (C=O) groups is 1. The summed E-state index contributed by atoms with van der Waals surface area (Å²) in [5.41, 5.74) is 1.18. The second-order valence-corrected chi connectivity index (χ2v) is 7.16. The lowest BCUT2D eigenvalue weighted by molar-refractivity contribution is 0.0947. The number of nitrogens with one attached hydrogen (secondary N) is 1. The molecule has 2 heterocycles. The zero-order chi connectivity index (χ0) is 14.0. The monoisotopic (exact) mass is 285 g/mol. The van der Waals surface area contributed by atoms with Gasteiger partial charge in [0, 0.05) is 12.2 Å². The number of aryl methyl sites for hydroxylation is 1. The summed E-state index contributed by atoms with van der Waals surface area (Å²) in [4.78, 5) is 11.8. The maximum Gasteiger partial charge on any atom is 0.271 e. The van der Waals surface area contributed by atoms with E-state index in [-0.39, 0.29) is 23.5 Å². The molecular weight excluding hydrogens is 266 g/mol. The van der Waals surface area contributed by atoms with Gasteiger partial charge in [0.2, 0.25) is 0 Å². The van der Waals surface area contributed by atoms with E-state index in [4.69, 9.17) is 0 Å². The van der Waals surface area contributed by atoms with Crippen LogP contribution in [0.1, 0.15) is 42.0 Å². The van der Waals surface area contributed by atoms with Gasteiger partial charge in [0.25, 0.3) is 5.91 Å². The van der Waals surface area contributed by atoms with E-state index >= 15 is 0 Å². The molecule has 0 saturated carbocycles. The van der Waals surface area contributed by atoms with E-state index in [1.165, 1.54) is 0 Å². The summed E-state index contributed by atoms with van der Waals surface area (Å²) in [6.45, 7) is 4.44. The highest BCUT2D eigenvalue weighted by molar-refractivity contribution is 7.91. The molecule has 1 N–H and O–H groups in total. The Balaban J connectivity index is 2.15. The molecule has 106 valence electrons. The van der Waals surface area contributed by atoms with Crippen molar-refractivity contribution in [3.8, 4) is 0 Å². The third-order valence-electron chi connectivity index (χ3n) is 3.24. The van der Waals surface area contributed by atoms with Crippen molar-refractivity contribution in [2.24, 2.45) is 0 Å². The summed E-state index contributed by atoms with van der Waals surface area (Å²) in [5.74, 6) is 0.115. The maximum absolute atomic E-state index is 11.8. The van der Waals surface area contributed by atoms with Gasteiger partial charge in [-0.25, -0.2) is 8.42 Å². The van der Waals surface area contributed by atoms with Crippen molar-refractivity contribution in [3.05, 3.63) is 17.5 Å². The number of sulfone groups is 1. The summed E-state index contributed by atoms with van der Waals surface area (Å²) < 4.78 is 24.6. The van der Waals surface area contributed by atoms with Crippen LogP contribution in [0, 0.1) is 6.92 Å². The Bertz CT molecular complexity index is 577. The minimum absolute atomic E-state index is 0.117. The Morgan fingerprint density at radius 1 is 1.58 bits per heavy atom. The van der Waals surface area contributed by atoms with Crippen LogP contribution < -0.4 is 5.32 Å². The number of hydrogen-bond acceptors (Lipinski definition) is 4. The Hall–Kier alpha value is -1.37. The number of rotatable bonds is 4. The van der Waals surface area contributed by atoms with Crippen molar-refractivity contribution in [2.75, 3.05) is 18.1 Å². The lowest BCUT2D eigenvalue weighted by Gasteiger charge is -2.10. The average Bonchev–Trinajstić information content (AvgIpc) is 2.89. The van der Waals surface area contributed by atoms with Crippen molar-refractivity contribution in [1.29, 1.82) is 0 Å². The minimum Gasteiger partial charge on any atom is -0.351 e. The molecule has 0 aromatic carbocycles. The first-order chi connectivity index (χ1) is 8.93. The van der Waals surface area contributed by atoms with Crippen LogP contribution in [0.4, 0.5) is 0 Å². The van der Waals surface area contributed by atoms with Gasteiger partial charge < -0.3 is 5.32 Å². The number of hydrogen-bond donors (Lipinski definition) is 1. The van der Waals surface area contributed by atoms with Crippen LogP contribution in [-0.2, 0) is 9.84 Å². The SMILES string of the molecule is CCCNC(=O)c1cc(C)n(C2CCS(=O)(=O)C2)n1. The highest BCUT2D eigenvalue weighted by Gasteiger charge is 2.31. The van der Waals surface area contributed by atoms with Gasteiger partial charge >= 0.3 is 0 Å². The summed E-state index contributed by atoms with van der Waals surface area (Å²) >= 11 is 0. The molecule has 1 fully saturated rings. The molecule has 1 atom stereocenters. The van der Waals surface area contributed by atoms with Gasteiger partial charge in [-0.1, -0.05) is 6.92 Å². The number of amides is 1. The van der Waals surface area contributed by atoms with Crippen LogP contribution >= 0.6 is 0 Å². The summed E-state index contributed by atoms with van der Waals surface area (Å²) in [7, 11) is -2.95. The van der Waals surface area contributed by atoms with E-state index in [1.54, 1.807) is 10.7 Å². The molecule has 1 aliphatic rings. The fourth-order valence-electron chi connectivity index (χ4n) is 2.27. The van der Waals surface area contributed by atoms with Crippen molar-refractivity contribution < 1.29 is 13.2 Å². The third kappa shape index (κ3) is 3.15. The van der Waals surface area contributed by atoms with Gasteiger partial charge in [0.15, 0.2) is 9.84 Å². The van der Waals surface area contributed by atoms with Crippen molar-refractivity contribution in [1.82, 2.24) is 15.1 Å². The van der Waals surface area contributed by atoms with E-state index in [0.717, 1.165) is 12.1 Å². The van der Waals surface area contributed by atoms with Crippen molar-refractivity contribution in [2.45, 2.75) is 32.7 Å². The average molecular weight is 285 g/mol. The zero-order valence-corrected chi connectivity index (χ0v) is 12.0. The van der Waals surface area contributed by atoms with Gasteiger partial charge in [-0.05, 0) is 25.8 Å². The molecule has 0 bridgehead atoms. The molecule has 1 aliphatic heterocycles. The topological polar surface area (TPSA) is 81.1 Å². The van der Waals surface area contributed by atoms with Crippen molar-refractivity contribution in [3.63, 3.8) is 0 Å². The van der Waals surface area contributed by atoms with Crippen LogP contribution in [0.5, 0.6) is 0 Å². The zero-order valence-electron chi connectivity index (χ0n) is 11.2. The second-order valence-electron chi connectivity index (χ2n) is 4.93. The molecular formula is C12H19N3O3S. The fraction of sp³-hybridized carbons (Fsp3) is 0.667. The molecule has 1 saturated heterocycles. The van der Waals surface area contributed by atoms with E-state index in [1.807, 2.05) is 13.8 Å². The molecule has 0 radical (unpaired) electrons. The van der Waals surface area contributed by atoms with E-state index < -0.39 is 9.84 Å². The normalized spacial score (nSPS) is 21.5. The predicted octanol–water partition coefficient (Wildman–Crippen LogP) is 0.691. The molecule has 1 amide bonds. The summed E-state index contributed by atoms with van der Waals surface area (Å²) in [5, 5.41) is 7.01. The Labute approximate surface area is 113 Å². The molecule has 0 spiro atoms. The number of aromatic nitrogens is 2. The fourth-order valence-corrected chi connectivity index (χ4v) is 3.96. The molecule has 7 heteroatoms. The molecule has 1 unspecified atom stereocenters. The standard InChI is InChI=1S/C12H19N3O3S/c1-3-5-13-12(16)11-7-9(2)15(14-11)10-4-6-19(17,18)8-10/h7,10H,3-6,8H2,1-2H3,(H,13,16). The molecule has 6 nitrogen and oxygen atoms in total. The van der Waals surface area contributed by atoms with Gasteiger partial charge in [0.1, 0.15) is 5.69 Å². The van der Waals surface area contributed by atoms with E-state index in [2.05, 4.69) is 10.4 Å². The quantitative estimate of drug-likeness (QED) is 0.882. The molecule has 1 aromatic heterocycles. The van der Waals surface area contributed by atoms with Crippen LogP contribution in [0.2, 0.25) is 0 Å². The van der Waals surface area contributed by atoms with Crippen LogP contribution in [-0.4, -0.2) is 42.2 Å². The first kappa shape index (κ1) is 14.0. The third-order valence-corrected chi connectivity index (χ3v) is 5.00. The van der Waals surface area contributed by atoms with Crippen LogP contribution in [0.25, 0.3) is 0 Å². The highest BCUT2D eigenvalue weighted by Crippen LogP contribution is 2.24. The lowest BCUT2D eigenvalue weighted by Crippen LogP contribution is -2.25. The predicted molar refractivity (Wildman–Crippen MR) is 71.9 cm³/mol. The molecule has 19 heavy (non-hydrogen) atoms. The van der Waals surface area contributed by atoms with Crippen LogP contribution in [0.15, 0.2) is 6.07 Å². The Morgan fingerprint density at radius 3 is 2.89 bits per heavy atom. The number of carbonyl (C=O) groups excluding carboxylic acids is 1. The first-order valence-electron chi connectivity index (χ1n) is 6.47. The molecule has 0 aliphatic carbocycles.